The largest absolute Gasteiger partial charge is 0.403 e. The van der Waals surface area contributed by atoms with Gasteiger partial charge in [0.15, 0.2) is 0 Å². The van der Waals surface area contributed by atoms with Crippen LogP contribution in [0.25, 0.3) is 0 Å². The molecular weight excluding hydrogens is 171 g/mol. The number of carbonyl (C=O) groups is 1. The maximum atomic E-state index is 12.1. The predicted molar refractivity (Wildman–Crippen MR) is 36.6 cm³/mol. The average molecular weight is 181 g/mol. The van der Waals surface area contributed by atoms with Crippen molar-refractivity contribution < 1.29 is 18.0 Å². The van der Waals surface area contributed by atoms with Crippen LogP contribution in [0.15, 0.2) is 0 Å². The van der Waals surface area contributed by atoms with E-state index in [-0.39, 0.29) is 13.0 Å². The zero-order valence-electron chi connectivity index (χ0n) is 6.40. The minimum absolute atomic E-state index is 0.118. The van der Waals surface area contributed by atoms with Crippen molar-refractivity contribution in [3.05, 3.63) is 0 Å². The van der Waals surface area contributed by atoms with E-state index >= 15 is 0 Å². The van der Waals surface area contributed by atoms with Crippen molar-refractivity contribution in [2.24, 2.45) is 5.92 Å². The summed E-state index contributed by atoms with van der Waals surface area (Å²) >= 11 is 0. The van der Waals surface area contributed by atoms with Gasteiger partial charge in [-0.2, -0.15) is 13.2 Å². The number of aldehydes is 1. The average Bonchev–Trinajstić information content (AvgIpc) is 2.03. The monoisotopic (exact) mass is 181 g/mol. The van der Waals surface area contributed by atoms with Gasteiger partial charge in [0.1, 0.15) is 12.3 Å². The van der Waals surface area contributed by atoms with Gasteiger partial charge in [0.2, 0.25) is 0 Å². The highest BCUT2D eigenvalue weighted by molar-refractivity contribution is 5.53. The third-order valence-corrected chi connectivity index (χ3v) is 2.03. The van der Waals surface area contributed by atoms with E-state index in [0.717, 1.165) is 0 Å². The zero-order valence-corrected chi connectivity index (χ0v) is 6.40. The molecule has 1 rings (SSSR count). The maximum Gasteiger partial charge on any atom is 0.403 e. The maximum absolute atomic E-state index is 12.1. The molecule has 0 radical (unpaired) electrons. The van der Waals surface area contributed by atoms with Crippen LogP contribution < -0.4 is 5.32 Å². The van der Waals surface area contributed by atoms with E-state index in [4.69, 9.17) is 0 Å². The molecule has 1 heterocycles. The summed E-state index contributed by atoms with van der Waals surface area (Å²) in [5.41, 5.74) is 0. The van der Waals surface area contributed by atoms with Gasteiger partial charge in [0, 0.05) is 5.92 Å². The summed E-state index contributed by atoms with van der Waals surface area (Å²) in [6.07, 6.45) is -3.22. The second-order valence-electron chi connectivity index (χ2n) is 2.97. The van der Waals surface area contributed by atoms with Gasteiger partial charge in [-0.05, 0) is 19.4 Å². The molecule has 0 unspecified atom stereocenters. The lowest BCUT2D eigenvalue weighted by Gasteiger charge is -2.28. The first kappa shape index (κ1) is 9.51. The minimum atomic E-state index is -4.22. The van der Waals surface area contributed by atoms with E-state index in [1.54, 1.807) is 0 Å². The first-order chi connectivity index (χ1) is 5.54. The summed E-state index contributed by atoms with van der Waals surface area (Å²) in [7, 11) is 0. The Morgan fingerprint density at radius 1 is 1.42 bits per heavy atom. The summed E-state index contributed by atoms with van der Waals surface area (Å²) in [5.74, 6) is -0.433. The summed E-state index contributed by atoms with van der Waals surface area (Å²) < 4.78 is 36.2. The number of alkyl halides is 3. The highest BCUT2D eigenvalue weighted by atomic mass is 19.4. The van der Waals surface area contributed by atoms with Crippen molar-refractivity contribution in [2.45, 2.75) is 25.1 Å². The van der Waals surface area contributed by atoms with Gasteiger partial charge >= 0.3 is 6.18 Å². The molecule has 70 valence electrons. The van der Waals surface area contributed by atoms with Gasteiger partial charge in [-0.25, -0.2) is 0 Å². The molecule has 5 heteroatoms. The Kier molecular flexibility index (Phi) is 2.72. The molecule has 12 heavy (non-hydrogen) atoms. The molecule has 1 saturated heterocycles. The number of hydrogen-bond acceptors (Lipinski definition) is 2. The number of nitrogens with one attached hydrogen (secondary N) is 1. The molecule has 1 aliphatic rings. The Morgan fingerprint density at radius 3 is 2.58 bits per heavy atom. The molecule has 0 aromatic carbocycles. The summed E-state index contributed by atoms with van der Waals surface area (Å²) in [6.45, 7) is 0.271. The van der Waals surface area contributed by atoms with Crippen molar-refractivity contribution in [2.75, 3.05) is 6.54 Å². The Labute approximate surface area is 68.1 Å². The second-order valence-corrected chi connectivity index (χ2v) is 2.97. The van der Waals surface area contributed by atoms with Crippen LogP contribution in [0, 0.1) is 5.92 Å². The lowest BCUT2D eigenvalue weighted by Crippen LogP contribution is -2.47. The Bertz CT molecular complexity index is 169. The van der Waals surface area contributed by atoms with E-state index < -0.39 is 18.1 Å². The van der Waals surface area contributed by atoms with Crippen LogP contribution in [-0.4, -0.2) is 25.0 Å². The van der Waals surface area contributed by atoms with E-state index in [1.807, 2.05) is 0 Å². The molecule has 0 aromatic heterocycles. The fraction of sp³-hybridized carbons (Fsp3) is 0.857. The van der Waals surface area contributed by atoms with Crippen molar-refractivity contribution in [3.8, 4) is 0 Å². The van der Waals surface area contributed by atoms with Crippen LogP contribution in [-0.2, 0) is 4.79 Å². The molecule has 1 fully saturated rings. The summed E-state index contributed by atoms with van der Waals surface area (Å²) in [5, 5.41) is 2.34. The fourth-order valence-corrected chi connectivity index (χ4v) is 1.32. The van der Waals surface area contributed by atoms with Crippen LogP contribution in [0.4, 0.5) is 13.2 Å². The van der Waals surface area contributed by atoms with Crippen LogP contribution >= 0.6 is 0 Å². The highest BCUT2D eigenvalue weighted by Gasteiger charge is 2.42. The topological polar surface area (TPSA) is 29.1 Å². The summed E-state index contributed by atoms with van der Waals surface area (Å²) in [4.78, 5) is 10.2. The molecule has 0 saturated carbocycles. The molecule has 0 amide bonds. The van der Waals surface area contributed by atoms with Crippen LogP contribution in [0.3, 0.4) is 0 Å². The Balaban J connectivity index is 2.51. The molecule has 0 aromatic rings. The molecule has 0 spiro atoms. The van der Waals surface area contributed by atoms with Crippen molar-refractivity contribution in [1.29, 1.82) is 0 Å². The van der Waals surface area contributed by atoms with Gasteiger partial charge in [-0.15, -0.1) is 0 Å². The standard InChI is InChI=1S/C7H10F3NO/c8-7(9,10)6-3-5(4-12)1-2-11-6/h4-6,11H,1-3H2/t5-,6+/m0/s1. The highest BCUT2D eigenvalue weighted by Crippen LogP contribution is 2.27. The third-order valence-electron chi connectivity index (χ3n) is 2.03. The van der Waals surface area contributed by atoms with Crippen LogP contribution in [0.2, 0.25) is 0 Å². The first-order valence-electron chi connectivity index (χ1n) is 3.79. The van der Waals surface area contributed by atoms with E-state index in [0.29, 0.717) is 12.7 Å². The molecular formula is C7H10F3NO. The van der Waals surface area contributed by atoms with E-state index in [1.165, 1.54) is 0 Å². The van der Waals surface area contributed by atoms with Gasteiger partial charge in [-0.1, -0.05) is 0 Å². The first-order valence-corrected chi connectivity index (χ1v) is 3.79. The normalized spacial score (nSPS) is 31.6. The van der Waals surface area contributed by atoms with Crippen molar-refractivity contribution in [1.82, 2.24) is 5.32 Å². The van der Waals surface area contributed by atoms with Gasteiger partial charge in [0.05, 0.1) is 0 Å². The molecule has 1 N–H and O–H groups in total. The number of piperidine rings is 1. The van der Waals surface area contributed by atoms with Gasteiger partial charge in [-0.3, -0.25) is 0 Å². The fourth-order valence-electron chi connectivity index (χ4n) is 1.32. The lowest BCUT2D eigenvalue weighted by molar-refractivity contribution is -0.163. The van der Waals surface area contributed by atoms with Gasteiger partial charge < -0.3 is 10.1 Å². The molecule has 1 aliphatic heterocycles. The van der Waals surface area contributed by atoms with Crippen molar-refractivity contribution >= 4 is 6.29 Å². The zero-order chi connectivity index (χ0) is 9.19. The van der Waals surface area contributed by atoms with E-state index in [9.17, 15) is 18.0 Å². The minimum Gasteiger partial charge on any atom is -0.306 e. The summed E-state index contributed by atoms with van der Waals surface area (Å²) in [6, 6.07) is -1.50. The van der Waals surface area contributed by atoms with Crippen LogP contribution in [0.5, 0.6) is 0 Å². The smallest absolute Gasteiger partial charge is 0.306 e. The number of hydrogen-bond donors (Lipinski definition) is 1. The SMILES string of the molecule is O=C[C@H]1CCN[C@@H](C(F)(F)F)C1. The number of carbonyl (C=O) groups excluding carboxylic acids is 1. The molecule has 2 nitrogen and oxygen atoms in total. The number of rotatable bonds is 1. The predicted octanol–water partition coefficient (Wildman–Crippen LogP) is 1.12. The molecule has 0 aliphatic carbocycles. The quantitative estimate of drug-likeness (QED) is 0.614. The van der Waals surface area contributed by atoms with E-state index in [2.05, 4.69) is 5.32 Å². The lowest BCUT2D eigenvalue weighted by atomic mass is 9.93. The second kappa shape index (κ2) is 3.43. The Hall–Kier alpha value is -0.580. The van der Waals surface area contributed by atoms with Crippen molar-refractivity contribution in [3.63, 3.8) is 0 Å². The molecule has 2 atom stereocenters. The molecule has 0 bridgehead atoms. The van der Waals surface area contributed by atoms with Crippen LogP contribution in [0.1, 0.15) is 12.8 Å². The third kappa shape index (κ3) is 2.20. The number of halogens is 3. The van der Waals surface area contributed by atoms with Gasteiger partial charge in [0.25, 0.3) is 0 Å². The Morgan fingerprint density at radius 2 is 2.08 bits per heavy atom.